The minimum absolute atomic E-state index is 0.328. The number of rotatable bonds is 4. The van der Waals surface area contributed by atoms with Gasteiger partial charge < -0.3 is 9.84 Å². The minimum Gasteiger partial charge on any atom is -0.387 e. The number of hydrogen-bond donors (Lipinski definition) is 1. The molecule has 2 heterocycles. The van der Waals surface area contributed by atoms with Crippen LogP contribution in [-0.4, -0.2) is 54.7 Å². The molecule has 30 heavy (non-hydrogen) atoms. The van der Waals surface area contributed by atoms with Crippen molar-refractivity contribution in [1.29, 1.82) is 0 Å². The van der Waals surface area contributed by atoms with Crippen LogP contribution in [0.4, 0.5) is 5.69 Å². The zero-order chi connectivity index (χ0) is 20.7. The molecular weight excluding hydrogens is 380 g/mol. The third-order valence-corrected chi connectivity index (χ3v) is 5.84. The summed E-state index contributed by atoms with van der Waals surface area (Å²) in [6, 6.07) is 18.0. The van der Waals surface area contributed by atoms with Crippen LogP contribution in [0.1, 0.15) is 32.4 Å². The van der Waals surface area contributed by atoms with Gasteiger partial charge in [-0.1, -0.05) is 36.4 Å². The Balaban J connectivity index is 1.42. The van der Waals surface area contributed by atoms with Crippen molar-refractivity contribution in [3.05, 3.63) is 77.4 Å². The number of imide groups is 1. The molecule has 1 saturated heterocycles. The van der Waals surface area contributed by atoms with Crippen LogP contribution in [0.3, 0.4) is 0 Å². The third kappa shape index (κ3) is 3.19. The fourth-order valence-corrected chi connectivity index (χ4v) is 4.24. The fourth-order valence-electron chi connectivity index (χ4n) is 4.24. The lowest BCUT2D eigenvalue weighted by Crippen LogP contribution is -2.40. The van der Waals surface area contributed by atoms with E-state index >= 15 is 0 Å². The van der Waals surface area contributed by atoms with E-state index in [1.807, 2.05) is 24.3 Å². The number of aliphatic hydroxyl groups excluding tert-OH is 1. The molecule has 1 fully saturated rings. The lowest BCUT2D eigenvalue weighted by molar-refractivity contribution is 0.0143. The second kappa shape index (κ2) is 7.65. The summed E-state index contributed by atoms with van der Waals surface area (Å²) < 4.78 is 5.34. The first kappa shape index (κ1) is 18.9. The maximum Gasteiger partial charge on any atom is 0.265 e. The molecule has 152 valence electrons. The summed E-state index contributed by atoms with van der Waals surface area (Å²) in [5, 5.41) is 12.2. The van der Waals surface area contributed by atoms with E-state index in [2.05, 4.69) is 4.90 Å². The highest BCUT2D eigenvalue weighted by molar-refractivity contribution is 6.35. The highest BCUT2D eigenvalue weighted by atomic mass is 16.5. The van der Waals surface area contributed by atoms with E-state index in [4.69, 9.17) is 4.74 Å². The van der Waals surface area contributed by atoms with Crippen molar-refractivity contribution >= 4 is 28.3 Å². The number of anilines is 1. The quantitative estimate of drug-likeness (QED) is 0.680. The molecule has 6 heteroatoms. The molecule has 2 aliphatic heterocycles. The first-order valence-electron chi connectivity index (χ1n) is 10.1. The second-order valence-corrected chi connectivity index (χ2v) is 7.68. The Labute approximate surface area is 174 Å². The zero-order valence-corrected chi connectivity index (χ0v) is 16.5. The molecule has 0 bridgehead atoms. The average molecular weight is 402 g/mol. The van der Waals surface area contributed by atoms with Crippen LogP contribution in [0, 0.1) is 0 Å². The molecule has 3 aromatic carbocycles. The number of carbonyl (C=O) groups is 2. The van der Waals surface area contributed by atoms with Crippen molar-refractivity contribution in [2.24, 2.45) is 0 Å². The van der Waals surface area contributed by atoms with E-state index in [1.54, 1.807) is 36.4 Å². The van der Waals surface area contributed by atoms with Gasteiger partial charge in [-0.3, -0.25) is 14.5 Å². The minimum atomic E-state index is -0.639. The van der Waals surface area contributed by atoms with Crippen LogP contribution in [0.15, 0.2) is 60.7 Å². The van der Waals surface area contributed by atoms with E-state index in [0.29, 0.717) is 42.0 Å². The molecule has 2 aliphatic rings. The molecule has 0 unspecified atom stereocenters. The molecule has 2 amide bonds. The van der Waals surface area contributed by atoms with E-state index < -0.39 is 6.10 Å². The van der Waals surface area contributed by atoms with Gasteiger partial charge in [0, 0.05) is 36.1 Å². The van der Waals surface area contributed by atoms with Crippen LogP contribution >= 0.6 is 0 Å². The van der Waals surface area contributed by atoms with Crippen molar-refractivity contribution in [1.82, 2.24) is 4.90 Å². The van der Waals surface area contributed by atoms with Gasteiger partial charge >= 0.3 is 0 Å². The van der Waals surface area contributed by atoms with Gasteiger partial charge in [-0.05, 0) is 35.2 Å². The lowest BCUT2D eigenvalue weighted by Gasteiger charge is -2.29. The molecular formula is C24H22N2O4. The van der Waals surface area contributed by atoms with E-state index in [9.17, 15) is 14.7 Å². The number of hydrogen-bond acceptors (Lipinski definition) is 5. The maximum atomic E-state index is 13.1. The second-order valence-electron chi connectivity index (χ2n) is 7.68. The van der Waals surface area contributed by atoms with Crippen molar-refractivity contribution in [2.45, 2.75) is 6.10 Å². The SMILES string of the molecule is O=C1c2cccc3cccc(c23)C(=O)N1c1ccc([C@@H](O)CN2CCOCC2)cc1. The summed E-state index contributed by atoms with van der Waals surface area (Å²) in [7, 11) is 0. The molecule has 3 aromatic rings. The third-order valence-electron chi connectivity index (χ3n) is 5.84. The summed E-state index contributed by atoms with van der Waals surface area (Å²) in [6.07, 6.45) is -0.639. The Morgan fingerprint density at radius 1 is 0.867 bits per heavy atom. The smallest absolute Gasteiger partial charge is 0.265 e. The van der Waals surface area contributed by atoms with Gasteiger partial charge in [0.1, 0.15) is 0 Å². The highest BCUT2D eigenvalue weighted by Crippen LogP contribution is 2.33. The normalized spacial score (nSPS) is 18.1. The predicted molar refractivity (Wildman–Crippen MR) is 114 cm³/mol. The number of benzene rings is 3. The predicted octanol–water partition coefficient (Wildman–Crippen LogP) is 3.01. The monoisotopic (exact) mass is 402 g/mol. The summed E-state index contributed by atoms with van der Waals surface area (Å²) in [4.78, 5) is 29.6. The summed E-state index contributed by atoms with van der Waals surface area (Å²) in [5.74, 6) is -0.656. The van der Waals surface area contributed by atoms with E-state index in [-0.39, 0.29) is 11.8 Å². The number of aliphatic hydroxyl groups is 1. The summed E-state index contributed by atoms with van der Waals surface area (Å²) in [6.45, 7) is 3.49. The van der Waals surface area contributed by atoms with Gasteiger partial charge in [-0.2, -0.15) is 0 Å². The van der Waals surface area contributed by atoms with Crippen LogP contribution in [0.5, 0.6) is 0 Å². The molecule has 0 saturated carbocycles. The summed E-state index contributed by atoms with van der Waals surface area (Å²) in [5.41, 5.74) is 2.31. The van der Waals surface area contributed by atoms with E-state index in [0.717, 1.165) is 24.0 Å². The summed E-state index contributed by atoms with van der Waals surface area (Å²) >= 11 is 0. The highest BCUT2D eigenvalue weighted by Gasteiger charge is 2.33. The van der Waals surface area contributed by atoms with Crippen molar-refractivity contribution in [2.75, 3.05) is 37.7 Å². The molecule has 1 atom stereocenters. The Morgan fingerprint density at radius 2 is 1.47 bits per heavy atom. The van der Waals surface area contributed by atoms with Gasteiger partial charge in [0.15, 0.2) is 0 Å². The van der Waals surface area contributed by atoms with Gasteiger partial charge in [0.05, 0.1) is 25.0 Å². The van der Waals surface area contributed by atoms with Gasteiger partial charge in [0.25, 0.3) is 11.8 Å². The Hall–Kier alpha value is -3.06. The number of ether oxygens (including phenoxy) is 1. The topological polar surface area (TPSA) is 70.1 Å². The molecule has 0 spiro atoms. The fraction of sp³-hybridized carbons (Fsp3) is 0.250. The van der Waals surface area contributed by atoms with Crippen LogP contribution in [0.2, 0.25) is 0 Å². The molecule has 5 rings (SSSR count). The Bertz CT molecular complexity index is 1070. The Morgan fingerprint density at radius 3 is 2.07 bits per heavy atom. The van der Waals surface area contributed by atoms with Crippen molar-refractivity contribution in [3.63, 3.8) is 0 Å². The van der Waals surface area contributed by atoms with E-state index in [1.165, 1.54) is 4.90 Å². The maximum absolute atomic E-state index is 13.1. The van der Waals surface area contributed by atoms with Gasteiger partial charge in [-0.15, -0.1) is 0 Å². The first-order valence-corrected chi connectivity index (χ1v) is 10.1. The van der Waals surface area contributed by atoms with Gasteiger partial charge in [0.2, 0.25) is 0 Å². The van der Waals surface area contributed by atoms with Crippen LogP contribution < -0.4 is 4.90 Å². The number of carbonyl (C=O) groups excluding carboxylic acids is 2. The number of amides is 2. The number of β-amino-alcohol motifs (C(OH)–C–C–N with tert-alkyl or cyclic N) is 1. The molecule has 0 aliphatic carbocycles. The molecule has 1 N–H and O–H groups in total. The van der Waals surface area contributed by atoms with Gasteiger partial charge in [-0.25, -0.2) is 4.90 Å². The molecule has 6 nitrogen and oxygen atoms in total. The largest absolute Gasteiger partial charge is 0.387 e. The molecule has 0 aromatic heterocycles. The van der Waals surface area contributed by atoms with Crippen molar-refractivity contribution < 1.29 is 19.4 Å². The average Bonchev–Trinajstić information content (AvgIpc) is 2.78. The standard InChI is InChI=1S/C24H22N2O4/c27-21(15-25-11-13-30-14-12-25)16-7-9-18(10-8-16)26-23(28)19-5-1-3-17-4-2-6-20(22(17)19)24(26)29/h1-10,21,27H,11-15H2/t21-/m0/s1. The van der Waals surface area contributed by atoms with Crippen LogP contribution in [-0.2, 0) is 4.74 Å². The first-order chi connectivity index (χ1) is 14.6. The lowest BCUT2D eigenvalue weighted by atomic mass is 9.93. The zero-order valence-electron chi connectivity index (χ0n) is 16.5. The van der Waals surface area contributed by atoms with Crippen molar-refractivity contribution in [3.8, 4) is 0 Å². The molecule has 0 radical (unpaired) electrons. The number of morpholine rings is 1. The van der Waals surface area contributed by atoms with Crippen LogP contribution in [0.25, 0.3) is 10.8 Å². The Kier molecular flexibility index (Phi) is 4.83. The number of nitrogens with zero attached hydrogens (tertiary/aromatic N) is 2.